The van der Waals surface area contributed by atoms with Gasteiger partial charge in [0.1, 0.15) is 5.82 Å². The minimum absolute atomic E-state index is 0.0642. The zero-order valence-corrected chi connectivity index (χ0v) is 20.3. The molecule has 5 rings (SSSR count). The topological polar surface area (TPSA) is 99.1 Å². The van der Waals surface area contributed by atoms with Gasteiger partial charge >= 0.3 is 0 Å². The zero-order valence-electron chi connectivity index (χ0n) is 19.5. The maximum atomic E-state index is 13.2. The highest BCUT2D eigenvalue weighted by atomic mass is 32.2. The lowest BCUT2D eigenvalue weighted by Crippen LogP contribution is -2.24. The Balaban J connectivity index is 1.40. The van der Waals surface area contributed by atoms with Gasteiger partial charge in [-0.15, -0.1) is 10.2 Å². The molecule has 1 aromatic carbocycles. The lowest BCUT2D eigenvalue weighted by molar-refractivity contribution is -0.113. The number of aryl methyl sites for hydroxylation is 1. The number of carbonyl (C=O) groups excluding carboxylic acids is 1. The molecule has 0 unspecified atom stereocenters. The summed E-state index contributed by atoms with van der Waals surface area (Å²) in [5.74, 6) is 1.74. The Morgan fingerprint density at radius 2 is 1.97 bits per heavy atom. The number of aromatic nitrogens is 6. The van der Waals surface area contributed by atoms with E-state index in [1.165, 1.54) is 24.6 Å². The first-order chi connectivity index (χ1) is 16.5. The fourth-order valence-electron chi connectivity index (χ4n) is 4.58. The van der Waals surface area contributed by atoms with Crippen LogP contribution in [0.5, 0.6) is 0 Å². The fraction of sp³-hybridized carbons (Fsp3) is 0.458. The van der Waals surface area contributed by atoms with Crippen LogP contribution in [-0.4, -0.2) is 40.6 Å². The first kappa shape index (κ1) is 22.6. The normalized spacial score (nSPS) is 14.6. The van der Waals surface area contributed by atoms with Crippen molar-refractivity contribution in [2.45, 2.75) is 63.7 Å². The summed E-state index contributed by atoms with van der Waals surface area (Å²) in [4.78, 5) is 25.9. The molecule has 178 valence electrons. The SMILES string of the molecule is CC(C)CCn1c(=O)c2ccccc2n2c(SCC(=O)Nc3ccnn3C3CCCC3)nnc12. The minimum atomic E-state index is -0.126. The third kappa shape index (κ3) is 4.34. The van der Waals surface area contributed by atoms with Crippen LogP contribution in [0.2, 0.25) is 0 Å². The molecule has 1 fully saturated rings. The Kier molecular flexibility index (Phi) is 6.40. The lowest BCUT2D eigenvalue weighted by atomic mass is 10.1. The van der Waals surface area contributed by atoms with E-state index in [1.807, 2.05) is 39.4 Å². The van der Waals surface area contributed by atoms with E-state index in [-0.39, 0.29) is 17.2 Å². The maximum Gasteiger partial charge on any atom is 0.262 e. The summed E-state index contributed by atoms with van der Waals surface area (Å²) < 4.78 is 5.51. The highest BCUT2D eigenvalue weighted by molar-refractivity contribution is 7.99. The van der Waals surface area contributed by atoms with Crippen molar-refractivity contribution in [3.63, 3.8) is 0 Å². The Hall–Kier alpha value is -3.14. The summed E-state index contributed by atoms with van der Waals surface area (Å²) in [6.45, 7) is 4.83. The number of para-hydroxylation sites is 1. The molecule has 4 aromatic rings. The molecule has 1 N–H and O–H groups in total. The minimum Gasteiger partial charge on any atom is -0.310 e. The van der Waals surface area contributed by atoms with Gasteiger partial charge in [0.15, 0.2) is 5.16 Å². The van der Waals surface area contributed by atoms with Gasteiger partial charge in [-0.05, 0) is 37.3 Å². The van der Waals surface area contributed by atoms with Gasteiger partial charge in [0.05, 0.1) is 28.9 Å². The summed E-state index contributed by atoms with van der Waals surface area (Å²) in [5, 5.41) is 17.3. The average Bonchev–Trinajstić information content (AvgIpc) is 3.58. The second-order valence-electron chi connectivity index (χ2n) is 9.21. The van der Waals surface area contributed by atoms with Crippen molar-refractivity contribution in [2.24, 2.45) is 5.92 Å². The first-order valence-electron chi connectivity index (χ1n) is 11.9. The molecule has 1 aliphatic rings. The van der Waals surface area contributed by atoms with Crippen molar-refractivity contribution in [1.82, 2.24) is 28.9 Å². The Morgan fingerprint density at radius 1 is 1.18 bits per heavy atom. The lowest BCUT2D eigenvalue weighted by Gasteiger charge is -2.14. The van der Waals surface area contributed by atoms with E-state index in [2.05, 4.69) is 34.5 Å². The smallest absolute Gasteiger partial charge is 0.262 e. The van der Waals surface area contributed by atoms with Gasteiger partial charge in [-0.25, -0.2) is 4.68 Å². The third-order valence-electron chi connectivity index (χ3n) is 6.35. The molecule has 0 radical (unpaired) electrons. The molecule has 9 nitrogen and oxygen atoms in total. The first-order valence-corrected chi connectivity index (χ1v) is 12.8. The number of rotatable bonds is 8. The Labute approximate surface area is 201 Å². The molecular weight excluding hydrogens is 450 g/mol. The molecule has 0 saturated heterocycles. The molecule has 3 heterocycles. The van der Waals surface area contributed by atoms with E-state index in [0.717, 1.165) is 30.6 Å². The highest BCUT2D eigenvalue weighted by Gasteiger charge is 2.21. The zero-order chi connectivity index (χ0) is 23.7. The number of amides is 1. The standard InChI is InChI=1S/C24H29N7O2S/c1-16(2)12-14-29-22(33)18-9-5-6-10-19(18)30-23(29)27-28-24(30)34-15-21(32)26-20-11-13-25-31(20)17-7-3-4-8-17/h5-6,9-11,13,16-17H,3-4,7-8,12,14-15H2,1-2H3,(H,26,32). The maximum absolute atomic E-state index is 13.2. The summed E-state index contributed by atoms with van der Waals surface area (Å²) >= 11 is 1.31. The molecule has 1 aliphatic carbocycles. The van der Waals surface area contributed by atoms with E-state index >= 15 is 0 Å². The Morgan fingerprint density at radius 3 is 2.76 bits per heavy atom. The molecule has 3 aromatic heterocycles. The van der Waals surface area contributed by atoms with Crippen molar-refractivity contribution < 1.29 is 4.79 Å². The molecule has 1 amide bonds. The molecule has 1 saturated carbocycles. The van der Waals surface area contributed by atoms with Crippen LogP contribution in [0, 0.1) is 5.92 Å². The van der Waals surface area contributed by atoms with Gasteiger partial charge < -0.3 is 5.32 Å². The number of anilines is 1. The van der Waals surface area contributed by atoms with Crippen LogP contribution in [0.3, 0.4) is 0 Å². The predicted octanol–water partition coefficient (Wildman–Crippen LogP) is 4.13. The van der Waals surface area contributed by atoms with E-state index in [0.29, 0.717) is 34.8 Å². The van der Waals surface area contributed by atoms with Crippen LogP contribution < -0.4 is 10.9 Å². The number of hydrogen-bond acceptors (Lipinski definition) is 6. The van der Waals surface area contributed by atoms with E-state index in [9.17, 15) is 9.59 Å². The van der Waals surface area contributed by atoms with Crippen molar-refractivity contribution >= 4 is 40.2 Å². The number of benzene rings is 1. The summed E-state index contributed by atoms with van der Waals surface area (Å²) in [6, 6.07) is 9.67. The number of hydrogen-bond donors (Lipinski definition) is 1. The van der Waals surface area contributed by atoms with E-state index in [1.54, 1.807) is 10.8 Å². The van der Waals surface area contributed by atoms with Gasteiger partial charge in [-0.1, -0.05) is 50.6 Å². The fourth-order valence-corrected chi connectivity index (χ4v) is 5.32. The van der Waals surface area contributed by atoms with Crippen LogP contribution in [0.25, 0.3) is 16.7 Å². The van der Waals surface area contributed by atoms with Gasteiger partial charge in [-0.2, -0.15) is 5.10 Å². The molecule has 0 aliphatic heterocycles. The monoisotopic (exact) mass is 479 g/mol. The van der Waals surface area contributed by atoms with Crippen LogP contribution in [-0.2, 0) is 11.3 Å². The van der Waals surface area contributed by atoms with Crippen molar-refractivity contribution in [1.29, 1.82) is 0 Å². The molecular formula is C24H29N7O2S. The highest BCUT2D eigenvalue weighted by Crippen LogP contribution is 2.31. The number of fused-ring (bicyclic) bond motifs is 3. The van der Waals surface area contributed by atoms with Crippen LogP contribution in [0.1, 0.15) is 52.0 Å². The van der Waals surface area contributed by atoms with Gasteiger partial charge in [0.2, 0.25) is 11.7 Å². The van der Waals surface area contributed by atoms with Crippen molar-refractivity contribution in [3.8, 4) is 0 Å². The average molecular weight is 480 g/mol. The van der Waals surface area contributed by atoms with Gasteiger partial charge in [0.25, 0.3) is 5.56 Å². The van der Waals surface area contributed by atoms with E-state index < -0.39 is 0 Å². The molecule has 0 atom stereocenters. The summed E-state index contributed by atoms with van der Waals surface area (Å²) in [5.41, 5.74) is 0.682. The quantitative estimate of drug-likeness (QED) is 0.382. The predicted molar refractivity (Wildman–Crippen MR) is 133 cm³/mol. The molecule has 0 bridgehead atoms. The molecule has 0 spiro atoms. The summed E-state index contributed by atoms with van der Waals surface area (Å²) in [7, 11) is 0. The second-order valence-corrected chi connectivity index (χ2v) is 10.2. The van der Waals surface area contributed by atoms with Crippen LogP contribution in [0.4, 0.5) is 5.82 Å². The van der Waals surface area contributed by atoms with Gasteiger partial charge in [0, 0.05) is 12.6 Å². The number of nitrogens with zero attached hydrogens (tertiary/aromatic N) is 6. The largest absolute Gasteiger partial charge is 0.310 e. The molecule has 34 heavy (non-hydrogen) atoms. The van der Waals surface area contributed by atoms with Crippen molar-refractivity contribution in [3.05, 3.63) is 46.9 Å². The van der Waals surface area contributed by atoms with Crippen molar-refractivity contribution in [2.75, 3.05) is 11.1 Å². The van der Waals surface area contributed by atoms with Gasteiger partial charge in [-0.3, -0.25) is 18.6 Å². The Bertz CT molecular complexity index is 1380. The van der Waals surface area contributed by atoms with E-state index in [4.69, 9.17) is 0 Å². The molecule has 10 heteroatoms. The van der Waals surface area contributed by atoms with Crippen LogP contribution >= 0.6 is 11.8 Å². The van der Waals surface area contributed by atoms with Crippen LogP contribution in [0.15, 0.2) is 46.5 Å². The number of carbonyl (C=O) groups is 1. The second kappa shape index (κ2) is 9.61. The number of thioether (sulfide) groups is 1. The summed E-state index contributed by atoms with van der Waals surface area (Å²) in [6.07, 6.45) is 7.18. The third-order valence-corrected chi connectivity index (χ3v) is 7.28. The number of nitrogens with one attached hydrogen (secondary N) is 1.